The molecule has 106 valence electrons. The monoisotopic (exact) mass is 278 g/mol. The lowest BCUT2D eigenvalue weighted by atomic mass is 10.2. The van der Waals surface area contributed by atoms with Crippen LogP contribution in [0, 0.1) is 0 Å². The molecule has 0 atom stereocenters. The zero-order valence-electron chi connectivity index (χ0n) is 11.1. The van der Waals surface area contributed by atoms with Crippen LogP contribution in [0.2, 0.25) is 0 Å². The summed E-state index contributed by atoms with van der Waals surface area (Å²) in [6, 6.07) is 0. The van der Waals surface area contributed by atoms with Crippen LogP contribution >= 0.6 is 0 Å². The summed E-state index contributed by atoms with van der Waals surface area (Å²) in [5, 5.41) is 0. The number of unbranched alkanes of at least 4 members (excludes halogenated alkanes) is 2. The highest BCUT2D eigenvalue weighted by atomic mass is 32.2. The van der Waals surface area contributed by atoms with Crippen molar-refractivity contribution in [3.63, 3.8) is 0 Å². The van der Waals surface area contributed by atoms with Gasteiger partial charge in [-0.3, -0.25) is 9.59 Å². The molecule has 0 bridgehead atoms. The van der Waals surface area contributed by atoms with Gasteiger partial charge in [-0.1, -0.05) is 11.2 Å². The van der Waals surface area contributed by atoms with Crippen molar-refractivity contribution in [1.82, 2.24) is 0 Å². The number of hydrogen-bond donors (Lipinski definition) is 0. The van der Waals surface area contributed by atoms with Gasteiger partial charge in [0.1, 0.15) is 11.5 Å². The van der Waals surface area contributed by atoms with E-state index in [1.165, 1.54) is 14.2 Å². The van der Waals surface area contributed by atoms with Crippen molar-refractivity contribution in [1.29, 1.82) is 0 Å². The molecule has 18 heavy (non-hydrogen) atoms. The zero-order chi connectivity index (χ0) is 13.8. The summed E-state index contributed by atoms with van der Waals surface area (Å²) in [5.74, 6) is 0.766. The minimum Gasteiger partial charge on any atom is -0.616 e. The van der Waals surface area contributed by atoms with Gasteiger partial charge in [-0.15, -0.1) is 0 Å². The second kappa shape index (κ2) is 11.3. The third kappa shape index (κ3) is 10.4. The molecule has 0 unspecified atom stereocenters. The summed E-state index contributed by atoms with van der Waals surface area (Å²) < 4.78 is 20.6. The highest BCUT2D eigenvalue weighted by Crippen LogP contribution is 2.06. The minimum absolute atomic E-state index is 0.223. The van der Waals surface area contributed by atoms with Crippen LogP contribution in [0.5, 0.6) is 0 Å². The molecule has 0 heterocycles. The first-order valence-electron chi connectivity index (χ1n) is 6.08. The van der Waals surface area contributed by atoms with E-state index in [0.29, 0.717) is 37.2 Å². The van der Waals surface area contributed by atoms with Crippen LogP contribution < -0.4 is 0 Å². The molecule has 0 aliphatic heterocycles. The van der Waals surface area contributed by atoms with Gasteiger partial charge in [0.2, 0.25) is 0 Å². The molecule has 0 N–H and O–H groups in total. The normalized spacial score (nSPS) is 10.4. The van der Waals surface area contributed by atoms with E-state index >= 15 is 0 Å². The number of carbonyl (C=O) groups is 2. The maximum atomic E-state index is 11.6. The minimum atomic E-state index is -0.858. The van der Waals surface area contributed by atoms with Crippen LogP contribution in [0.1, 0.15) is 38.5 Å². The predicted molar refractivity (Wildman–Crippen MR) is 69.6 cm³/mol. The largest absolute Gasteiger partial charge is 0.616 e. The first kappa shape index (κ1) is 17.2. The summed E-state index contributed by atoms with van der Waals surface area (Å²) in [6.07, 6.45) is 3.71. The van der Waals surface area contributed by atoms with Gasteiger partial charge >= 0.3 is 11.9 Å². The highest BCUT2D eigenvalue weighted by Gasteiger charge is 2.08. The molecule has 0 radical (unpaired) electrons. The van der Waals surface area contributed by atoms with Crippen LogP contribution in [-0.2, 0) is 30.2 Å². The topological polar surface area (TPSA) is 75.7 Å². The summed E-state index contributed by atoms with van der Waals surface area (Å²) in [5.41, 5.74) is 0. The van der Waals surface area contributed by atoms with Gasteiger partial charge in [-0.2, -0.15) is 0 Å². The van der Waals surface area contributed by atoms with E-state index < -0.39 is 11.2 Å². The average Bonchev–Trinajstić information content (AvgIpc) is 2.38. The van der Waals surface area contributed by atoms with Gasteiger partial charge in [0, 0.05) is 12.8 Å². The Balaban J connectivity index is 3.35. The van der Waals surface area contributed by atoms with Crippen molar-refractivity contribution in [2.75, 3.05) is 25.7 Å². The lowest BCUT2D eigenvalue weighted by molar-refractivity contribution is -0.141. The van der Waals surface area contributed by atoms with E-state index in [2.05, 4.69) is 9.47 Å². The molecule has 0 spiro atoms. The SMILES string of the molecule is COC(=O)CCCC[S+]([O-])CCCCC(=O)OC. The van der Waals surface area contributed by atoms with Crippen molar-refractivity contribution >= 4 is 23.1 Å². The van der Waals surface area contributed by atoms with Gasteiger partial charge in [-0.05, 0) is 25.7 Å². The van der Waals surface area contributed by atoms with Gasteiger partial charge in [0.05, 0.1) is 14.2 Å². The van der Waals surface area contributed by atoms with E-state index in [-0.39, 0.29) is 11.9 Å². The fraction of sp³-hybridized carbons (Fsp3) is 0.833. The molecular weight excluding hydrogens is 256 g/mol. The van der Waals surface area contributed by atoms with E-state index in [0.717, 1.165) is 12.8 Å². The Bertz CT molecular complexity index is 221. The Hall–Kier alpha value is -0.750. The summed E-state index contributed by atoms with van der Waals surface area (Å²) in [4.78, 5) is 21.6. The van der Waals surface area contributed by atoms with Crippen LogP contribution in [0.25, 0.3) is 0 Å². The maximum Gasteiger partial charge on any atom is 0.305 e. The molecular formula is C12H22O5S. The lowest BCUT2D eigenvalue weighted by Crippen LogP contribution is -2.12. The molecule has 0 aliphatic carbocycles. The standard InChI is InChI=1S/C12H22O5S/c1-16-11(13)7-3-5-9-18(15)10-6-4-8-12(14)17-2/h3-10H2,1-2H3. The Labute approximate surface area is 111 Å². The summed E-state index contributed by atoms with van der Waals surface area (Å²) >= 11 is -0.858. The average molecular weight is 278 g/mol. The van der Waals surface area contributed by atoms with Crippen LogP contribution in [0.3, 0.4) is 0 Å². The highest BCUT2D eigenvalue weighted by molar-refractivity contribution is 7.91. The molecule has 6 heteroatoms. The molecule has 0 aliphatic rings. The van der Waals surface area contributed by atoms with Crippen molar-refractivity contribution in [3.8, 4) is 0 Å². The molecule has 0 fully saturated rings. The molecule has 0 aromatic heterocycles. The van der Waals surface area contributed by atoms with Gasteiger partial charge < -0.3 is 14.0 Å². The first-order valence-corrected chi connectivity index (χ1v) is 7.57. The number of carbonyl (C=O) groups excluding carboxylic acids is 2. The third-order valence-electron chi connectivity index (χ3n) is 2.46. The van der Waals surface area contributed by atoms with Gasteiger partial charge in [-0.25, -0.2) is 0 Å². The molecule has 0 aromatic carbocycles. The Kier molecular flexibility index (Phi) is 10.9. The smallest absolute Gasteiger partial charge is 0.305 e. The lowest BCUT2D eigenvalue weighted by Gasteiger charge is -2.10. The van der Waals surface area contributed by atoms with Crippen LogP contribution in [-0.4, -0.2) is 42.2 Å². The van der Waals surface area contributed by atoms with Gasteiger partial charge in [0.25, 0.3) is 0 Å². The van der Waals surface area contributed by atoms with Crippen molar-refractivity contribution < 1.29 is 23.6 Å². The number of methoxy groups -OCH3 is 2. The number of esters is 2. The van der Waals surface area contributed by atoms with Crippen LogP contribution in [0.15, 0.2) is 0 Å². The van der Waals surface area contributed by atoms with Crippen LogP contribution in [0.4, 0.5) is 0 Å². The fourth-order valence-corrected chi connectivity index (χ4v) is 2.63. The number of ether oxygens (including phenoxy) is 2. The quantitative estimate of drug-likeness (QED) is 0.343. The van der Waals surface area contributed by atoms with E-state index in [1.807, 2.05) is 0 Å². The van der Waals surface area contributed by atoms with E-state index in [4.69, 9.17) is 0 Å². The predicted octanol–water partition coefficient (Wildman–Crippen LogP) is 1.42. The van der Waals surface area contributed by atoms with Crippen molar-refractivity contribution in [2.24, 2.45) is 0 Å². The Morgan fingerprint density at radius 1 is 0.889 bits per heavy atom. The zero-order valence-corrected chi connectivity index (χ0v) is 11.9. The molecule has 0 saturated carbocycles. The summed E-state index contributed by atoms with van der Waals surface area (Å²) in [7, 11) is 2.73. The maximum absolute atomic E-state index is 11.6. The Morgan fingerprint density at radius 3 is 1.61 bits per heavy atom. The van der Waals surface area contributed by atoms with Crippen molar-refractivity contribution in [3.05, 3.63) is 0 Å². The summed E-state index contributed by atoms with van der Waals surface area (Å²) in [6.45, 7) is 0. The first-order chi connectivity index (χ1) is 8.60. The van der Waals surface area contributed by atoms with Gasteiger partial charge in [0.15, 0.2) is 0 Å². The third-order valence-corrected chi connectivity index (χ3v) is 3.95. The fourth-order valence-electron chi connectivity index (χ4n) is 1.37. The van der Waals surface area contributed by atoms with E-state index in [9.17, 15) is 14.1 Å². The second-order valence-electron chi connectivity index (χ2n) is 3.91. The second-order valence-corrected chi connectivity index (χ2v) is 5.61. The molecule has 5 nitrogen and oxygen atoms in total. The molecule has 0 amide bonds. The molecule has 0 aromatic rings. The van der Waals surface area contributed by atoms with E-state index in [1.54, 1.807) is 0 Å². The Morgan fingerprint density at radius 2 is 1.28 bits per heavy atom. The number of rotatable bonds is 10. The number of hydrogen-bond acceptors (Lipinski definition) is 5. The molecule has 0 saturated heterocycles. The van der Waals surface area contributed by atoms with Crippen molar-refractivity contribution in [2.45, 2.75) is 38.5 Å². The molecule has 0 rings (SSSR count).